The standard InChI is InChI=1S/C23H22N4O3S/c28-21-10-9-18(20-8-4-12-31-20)25-27(21)15-5-3-11-26(14-15)22(29)13-19-16-6-1-2-7-17(16)23(30)24-19/h1-2,4,6-10,12,15,19H,3,5,11,13-14H2,(H,24,30)/t15-,19+/m0/s1. The summed E-state index contributed by atoms with van der Waals surface area (Å²) in [6.45, 7) is 1.10. The molecule has 31 heavy (non-hydrogen) atoms. The van der Waals surface area contributed by atoms with Gasteiger partial charge in [0.1, 0.15) is 5.69 Å². The van der Waals surface area contributed by atoms with Crippen molar-refractivity contribution in [2.75, 3.05) is 13.1 Å². The topological polar surface area (TPSA) is 84.3 Å². The van der Waals surface area contributed by atoms with Crippen molar-refractivity contribution in [1.29, 1.82) is 0 Å². The summed E-state index contributed by atoms with van der Waals surface area (Å²) in [5.41, 5.74) is 2.12. The van der Waals surface area contributed by atoms with Crippen LogP contribution in [0.4, 0.5) is 0 Å². The van der Waals surface area contributed by atoms with Crippen molar-refractivity contribution in [3.05, 3.63) is 75.4 Å². The summed E-state index contributed by atoms with van der Waals surface area (Å²) in [4.78, 5) is 40.5. The summed E-state index contributed by atoms with van der Waals surface area (Å²) in [6, 6.07) is 14.2. The molecule has 0 spiro atoms. The van der Waals surface area contributed by atoms with Crippen molar-refractivity contribution in [2.24, 2.45) is 0 Å². The lowest BCUT2D eigenvalue weighted by molar-refractivity contribution is -0.133. The highest BCUT2D eigenvalue weighted by Gasteiger charge is 2.33. The maximum Gasteiger partial charge on any atom is 0.267 e. The first-order chi connectivity index (χ1) is 15.1. The maximum atomic E-state index is 13.1. The molecule has 2 amide bonds. The number of likely N-dealkylation sites (tertiary alicyclic amines) is 1. The van der Waals surface area contributed by atoms with E-state index in [-0.39, 0.29) is 35.9 Å². The molecule has 7 nitrogen and oxygen atoms in total. The largest absolute Gasteiger partial charge is 0.345 e. The molecule has 4 heterocycles. The van der Waals surface area contributed by atoms with Crippen LogP contribution in [0.3, 0.4) is 0 Å². The van der Waals surface area contributed by atoms with E-state index in [1.54, 1.807) is 34.4 Å². The average Bonchev–Trinajstić information content (AvgIpc) is 3.43. The van der Waals surface area contributed by atoms with Crippen molar-refractivity contribution >= 4 is 23.2 Å². The lowest BCUT2D eigenvalue weighted by Gasteiger charge is -2.33. The lowest BCUT2D eigenvalue weighted by atomic mass is 10.0. The van der Waals surface area contributed by atoms with Crippen LogP contribution in [-0.4, -0.2) is 39.6 Å². The van der Waals surface area contributed by atoms with Gasteiger partial charge in [-0.2, -0.15) is 5.10 Å². The van der Waals surface area contributed by atoms with Crippen LogP contribution in [-0.2, 0) is 4.79 Å². The Morgan fingerprint density at radius 1 is 1.13 bits per heavy atom. The number of carbonyl (C=O) groups is 2. The van der Waals surface area contributed by atoms with Gasteiger partial charge in [0, 0.05) is 24.7 Å². The van der Waals surface area contributed by atoms with Crippen molar-refractivity contribution in [3.8, 4) is 10.6 Å². The van der Waals surface area contributed by atoms with Gasteiger partial charge in [0.05, 0.1) is 23.4 Å². The van der Waals surface area contributed by atoms with Gasteiger partial charge < -0.3 is 10.2 Å². The van der Waals surface area contributed by atoms with Crippen LogP contribution in [0.2, 0.25) is 0 Å². The molecule has 2 atom stereocenters. The van der Waals surface area contributed by atoms with E-state index >= 15 is 0 Å². The van der Waals surface area contributed by atoms with E-state index in [4.69, 9.17) is 0 Å². The number of rotatable bonds is 4. The normalized spacial score (nSPS) is 20.4. The van der Waals surface area contributed by atoms with Gasteiger partial charge in [0.15, 0.2) is 0 Å². The SMILES string of the molecule is O=C1N[C@H](CC(=O)N2CCC[C@H](n3nc(-c4cccs4)ccc3=O)C2)c2ccccc21. The van der Waals surface area contributed by atoms with E-state index < -0.39 is 0 Å². The van der Waals surface area contributed by atoms with Crippen LogP contribution in [0.15, 0.2) is 58.7 Å². The third kappa shape index (κ3) is 3.79. The van der Waals surface area contributed by atoms with E-state index in [0.717, 1.165) is 29.0 Å². The number of carbonyl (C=O) groups excluding carboxylic acids is 2. The van der Waals surface area contributed by atoms with Crippen LogP contribution in [0.25, 0.3) is 10.6 Å². The van der Waals surface area contributed by atoms with Gasteiger partial charge >= 0.3 is 0 Å². The molecule has 8 heteroatoms. The van der Waals surface area contributed by atoms with E-state index in [1.807, 2.05) is 35.7 Å². The van der Waals surface area contributed by atoms with E-state index in [0.29, 0.717) is 18.7 Å². The fraction of sp³-hybridized carbons (Fsp3) is 0.304. The minimum absolute atomic E-state index is 0.0193. The molecule has 1 N–H and O–H groups in total. The van der Waals surface area contributed by atoms with Crippen molar-refractivity contribution in [3.63, 3.8) is 0 Å². The molecule has 0 unspecified atom stereocenters. The Bertz CT molecular complexity index is 1190. The highest BCUT2D eigenvalue weighted by Crippen LogP contribution is 2.29. The molecule has 5 rings (SSSR count). The zero-order valence-corrected chi connectivity index (χ0v) is 17.7. The van der Waals surface area contributed by atoms with Crippen LogP contribution < -0.4 is 10.9 Å². The number of hydrogen-bond acceptors (Lipinski definition) is 5. The average molecular weight is 435 g/mol. The number of aromatic nitrogens is 2. The van der Waals surface area contributed by atoms with Gasteiger partial charge in [-0.1, -0.05) is 24.3 Å². The van der Waals surface area contributed by atoms with Crippen LogP contribution >= 0.6 is 11.3 Å². The first kappa shape index (κ1) is 19.7. The Hall–Kier alpha value is -3.26. The summed E-state index contributed by atoms with van der Waals surface area (Å²) < 4.78 is 1.53. The maximum absolute atomic E-state index is 13.1. The molecule has 0 aliphatic carbocycles. The van der Waals surface area contributed by atoms with Crippen LogP contribution in [0, 0.1) is 0 Å². The van der Waals surface area contributed by atoms with Gasteiger partial charge in [-0.25, -0.2) is 4.68 Å². The Balaban J connectivity index is 1.32. The predicted octanol–water partition coefficient (Wildman–Crippen LogP) is 3.01. The molecule has 0 saturated carbocycles. The molecular weight excluding hydrogens is 412 g/mol. The third-order valence-electron chi connectivity index (χ3n) is 5.96. The number of thiophene rings is 1. The van der Waals surface area contributed by atoms with E-state index in [2.05, 4.69) is 10.4 Å². The monoisotopic (exact) mass is 434 g/mol. The smallest absolute Gasteiger partial charge is 0.267 e. The van der Waals surface area contributed by atoms with E-state index in [9.17, 15) is 14.4 Å². The highest BCUT2D eigenvalue weighted by atomic mass is 32.1. The summed E-state index contributed by atoms with van der Waals surface area (Å²) in [5.74, 6) is -0.153. The molecule has 1 aromatic carbocycles. The Labute approximate surface area is 183 Å². The molecule has 3 aromatic rings. The Kier molecular flexibility index (Phi) is 5.15. The minimum Gasteiger partial charge on any atom is -0.345 e. The van der Waals surface area contributed by atoms with Crippen molar-refractivity contribution in [1.82, 2.24) is 20.0 Å². The summed E-state index contributed by atoms with van der Waals surface area (Å²) in [7, 11) is 0. The molecule has 1 saturated heterocycles. The number of hydrogen-bond donors (Lipinski definition) is 1. The number of nitrogens with zero attached hydrogens (tertiary/aromatic N) is 3. The molecule has 1 fully saturated rings. The molecule has 2 aliphatic heterocycles. The number of nitrogens with one attached hydrogen (secondary N) is 1. The molecule has 0 bridgehead atoms. The molecule has 0 radical (unpaired) electrons. The molecule has 2 aromatic heterocycles. The van der Waals surface area contributed by atoms with Gasteiger partial charge in [-0.05, 0) is 42.0 Å². The fourth-order valence-electron chi connectivity index (χ4n) is 4.41. The first-order valence-electron chi connectivity index (χ1n) is 10.4. The zero-order chi connectivity index (χ0) is 21.4. The molecule has 2 aliphatic rings. The minimum atomic E-state index is -0.306. The summed E-state index contributed by atoms with van der Waals surface area (Å²) >= 11 is 1.58. The van der Waals surface area contributed by atoms with Gasteiger partial charge in [0.25, 0.3) is 11.5 Å². The number of fused-ring (bicyclic) bond motifs is 1. The lowest BCUT2D eigenvalue weighted by Crippen LogP contribution is -2.44. The van der Waals surface area contributed by atoms with E-state index in [1.165, 1.54) is 4.68 Å². The Morgan fingerprint density at radius 3 is 2.84 bits per heavy atom. The number of benzene rings is 1. The van der Waals surface area contributed by atoms with Crippen molar-refractivity contribution in [2.45, 2.75) is 31.3 Å². The molecule has 158 valence electrons. The first-order valence-corrected chi connectivity index (χ1v) is 11.3. The van der Waals surface area contributed by atoms with Gasteiger partial charge in [-0.15, -0.1) is 11.3 Å². The van der Waals surface area contributed by atoms with Crippen molar-refractivity contribution < 1.29 is 9.59 Å². The second kappa shape index (κ2) is 8.11. The summed E-state index contributed by atoms with van der Waals surface area (Å²) in [5, 5.41) is 9.49. The molecular formula is C23H22N4O3S. The Morgan fingerprint density at radius 2 is 2.00 bits per heavy atom. The summed E-state index contributed by atoms with van der Waals surface area (Å²) in [6.07, 6.45) is 1.82. The van der Waals surface area contributed by atoms with Crippen LogP contribution in [0.1, 0.15) is 47.3 Å². The highest BCUT2D eigenvalue weighted by molar-refractivity contribution is 7.13. The number of amides is 2. The fourth-order valence-corrected chi connectivity index (χ4v) is 5.10. The quantitative estimate of drug-likeness (QED) is 0.684. The van der Waals surface area contributed by atoms with Gasteiger partial charge in [-0.3, -0.25) is 14.4 Å². The zero-order valence-electron chi connectivity index (χ0n) is 16.9. The second-order valence-electron chi connectivity index (χ2n) is 7.93. The second-order valence-corrected chi connectivity index (χ2v) is 8.88. The van der Waals surface area contributed by atoms with Gasteiger partial charge in [0.2, 0.25) is 5.91 Å². The third-order valence-corrected chi connectivity index (χ3v) is 6.85. The number of piperidine rings is 1. The predicted molar refractivity (Wildman–Crippen MR) is 118 cm³/mol. The van der Waals surface area contributed by atoms with Crippen LogP contribution in [0.5, 0.6) is 0 Å².